The zero-order valence-electron chi connectivity index (χ0n) is 64.4. The number of hydrogen-bond acceptors (Lipinski definition) is 12. The predicted molar refractivity (Wildman–Crippen MR) is 511 cm³/mol. The summed E-state index contributed by atoms with van der Waals surface area (Å²) in [5.41, 5.74) is 16.5. The molecule has 0 bridgehead atoms. The van der Waals surface area contributed by atoms with Crippen LogP contribution in [0.25, 0.3) is 123 Å². The van der Waals surface area contributed by atoms with Gasteiger partial charge >= 0.3 is 7.12 Å². The third-order valence-electron chi connectivity index (χ3n) is 21.4. The zero-order chi connectivity index (χ0) is 80.1. The smallest absolute Gasteiger partial charge is 0.453 e. The number of fused-ring (bicyclic) bond motifs is 12. The summed E-state index contributed by atoms with van der Waals surface area (Å²) >= 11 is 6.11. The van der Waals surface area contributed by atoms with Crippen molar-refractivity contribution in [2.24, 2.45) is 0 Å². The first-order valence-corrected chi connectivity index (χ1v) is 56.9. The Morgan fingerprint density at radius 1 is 0.339 bits per heavy atom. The summed E-state index contributed by atoms with van der Waals surface area (Å²) in [6, 6.07) is 94.3. The van der Waals surface area contributed by atoms with Crippen LogP contribution in [0.5, 0.6) is 23.0 Å². The molecule has 0 radical (unpaired) electrons. The quantitative estimate of drug-likeness (QED) is 0.0849. The summed E-state index contributed by atoms with van der Waals surface area (Å²) in [4.78, 5) is 28.0. The van der Waals surface area contributed by atoms with E-state index in [1.807, 2.05) is 158 Å². The van der Waals surface area contributed by atoms with Crippen molar-refractivity contribution in [3.05, 3.63) is 307 Å². The van der Waals surface area contributed by atoms with E-state index in [2.05, 4.69) is 245 Å². The second kappa shape index (κ2) is 34.3. The van der Waals surface area contributed by atoms with E-state index < -0.39 is 7.12 Å². The van der Waals surface area contributed by atoms with Gasteiger partial charge in [-0.2, -0.15) is 9.97 Å². The molecule has 115 heavy (non-hydrogen) atoms. The number of furan rings is 2. The lowest BCUT2D eigenvalue weighted by atomic mass is 9.71. The molecule has 0 aliphatic carbocycles. The molecule has 574 valence electrons. The number of ether oxygens (including phenoxy) is 2. The third-order valence-corrected chi connectivity index (χ3v) is 80.7. The molecular weight excluding hydrogens is 1650 g/mol. The van der Waals surface area contributed by atoms with Crippen molar-refractivity contribution in [1.82, 2.24) is 29.9 Å². The Kier molecular flexibility index (Phi) is 24.3. The van der Waals surface area contributed by atoms with Crippen molar-refractivity contribution in [3.63, 3.8) is 0 Å². The molecule has 8 unspecified atom stereocenters. The molecule has 12 nitrogen and oxygen atoms in total. The highest BCUT2D eigenvalue weighted by atomic mass is 35.5. The molecule has 19 rings (SSSR count). The second-order valence-electron chi connectivity index (χ2n) is 30.0. The minimum atomic E-state index is -0.402. The van der Waals surface area contributed by atoms with Gasteiger partial charge in [0.05, 0.1) is 11.2 Å². The fourth-order valence-corrected chi connectivity index (χ4v) is 110. The molecule has 3 aliphatic heterocycles. The van der Waals surface area contributed by atoms with Crippen LogP contribution in [0.1, 0.15) is 77.6 Å². The van der Waals surface area contributed by atoms with Crippen molar-refractivity contribution in [2.75, 3.05) is 0 Å². The molecular formula is C90H83BClN6O6P11. The Labute approximate surface area is 696 Å². The van der Waals surface area contributed by atoms with Crippen LogP contribution in [-0.2, 0) is 20.1 Å². The van der Waals surface area contributed by atoms with Crippen molar-refractivity contribution in [3.8, 4) is 102 Å². The number of para-hydroxylation sites is 2. The van der Waals surface area contributed by atoms with Crippen LogP contribution in [0.2, 0.25) is 5.28 Å². The van der Waals surface area contributed by atoms with E-state index in [1.54, 1.807) is 0 Å². The lowest BCUT2D eigenvalue weighted by Crippen LogP contribution is -2.41. The van der Waals surface area contributed by atoms with Crippen LogP contribution < -0.4 is 14.9 Å². The van der Waals surface area contributed by atoms with Gasteiger partial charge in [-0.05, 0) is 143 Å². The molecule has 7 heterocycles. The van der Waals surface area contributed by atoms with E-state index in [0.717, 1.165) is 141 Å². The normalized spacial score (nSPS) is 14.9. The number of aromatic nitrogens is 6. The van der Waals surface area contributed by atoms with Crippen molar-refractivity contribution < 1.29 is 27.6 Å². The molecule has 8 atom stereocenters. The van der Waals surface area contributed by atoms with Crippen LogP contribution in [0, 0.1) is 0 Å². The van der Waals surface area contributed by atoms with Gasteiger partial charge in [-0.3, -0.25) is 0 Å². The molecule has 1 saturated heterocycles. The van der Waals surface area contributed by atoms with Crippen molar-refractivity contribution in [2.45, 2.75) is 77.4 Å². The van der Waals surface area contributed by atoms with Crippen LogP contribution in [-0.4, -0.2) is 48.2 Å². The number of hydrogen-bond donors (Lipinski definition) is 0. The minimum absolute atomic E-state index is 0.138. The number of benzene rings is 12. The molecule has 0 spiro atoms. The van der Waals surface area contributed by atoms with Gasteiger partial charge in [-0.1, -0.05) is 266 Å². The second-order valence-corrected chi connectivity index (χ2v) is 69.4. The Morgan fingerprint density at radius 3 is 1.07 bits per heavy atom. The first-order chi connectivity index (χ1) is 55.4. The summed E-state index contributed by atoms with van der Waals surface area (Å²) in [5, 5.41) is 4.51. The van der Waals surface area contributed by atoms with Crippen molar-refractivity contribution >= 4 is 158 Å². The van der Waals surface area contributed by atoms with E-state index in [1.165, 1.54) is 11.1 Å². The SMILES string of the molecule is CC1(C)c2cc(-c3nc(-c4ccccc4)nc(-c4ccc(-c5ccccc5)cc4)n3)ccc2Oc2c1ccc1c2oc2ccccc21.CC1(C)c2cc(B3OC(C)(C)C(C)(C)O3)ccc2Oc2c1ccc1c2oc2ccccc21.Clc1nc(-c2ccccc2)nc(-c2ccc(-c3ccccc3)cc2)n1.PPP(P)P(P(P)P)P(P)P. The highest BCUT2D eigenvalue weighted by Crippen LogP contribution is 3.12. The fourth-order valence-electron chi connectivity index (χ4n) is 14.5. The summed E-state index contributed by atoms with van der Waals surface area (Å²) in [5.74, 6) is 6.22. The highest BCUT2D eigenvalue weighted by molar-refractivity contribution is 9.18. The molecule has 16 aromatic rings. The Hall–Kier alpha value is -7.14. The van der Waals surface area contributed by atoms with E-state index in [4.69, 9.17) is 54.2 Å². The van der Waals surface area contributed by atoms with Gasteiger partial charge in [0.15, 0.2) is 51.8 Å². The van der Waals surface area contributed by atoms with Crippen LogP contribution in [0.3, 0.4) is 0 Å². The Bertz CT molecular complexity index is 6230. The third kappa shape index (κ3) is 16.9. The highest BCUT2D eigenvalue weighted by Gasteiger charge is 2.52. The molecule has 0 amide bonds. The van der Waals surface area contributed by atoms with Crippen molar-refractivity contribution in [1.29, 1.82) is 0 Å². The Balaban J connectivity index is 0.000000127. The number of nitrogens with zero attached hydrogens (tertiary/aromatic N) is 6. The maximum Gasteiger partial charge on any atom is 0.494 e. The lowest BCUT2D eigenvalue weighted by molar-refractivity contribution is 0.00578. The summed E-state index contributed by atoms with van der Waals surface area (Å²) < 4.78 is 38.3. The fraction of sp³-hybridized carbons (Fsp3) is 0.133. The molecule has 3 aliphatic rings. The molecule has 25 heteroatoms. The van der Waals surface area contributed by atoms with Gasteiger partial charge in [-0.15, -0.1) is 53.6 Å². The Morgan fingerprint density at radius 2 is 0.670 bits per heavy atom. The maximum absolute atomic E-state index is 6.63. The summed E-state index contributed by atoms with van der Waals surface area (Å²) in [6.07, 6.45) is 0. The molecule has 0 saturated carbocycles. The van der Waals surface area contributed by atoms with Crippen LogP contribution >= 0.6 is 101 Å². The van der Waals surface area contributed by atoms with Gasteiger partial charge < -0.3 is 27.6 Å². The number of halogens is 1. The maximum atomic E-state index is 6.63. The monoisotopic (exact) mass is 1730 g/mol. The van der Waals surface area contributed by atoms with Gasteiger partial charge in [-0.25, -0.2) is 19.9 Å². The van der Waals surface area contributed by atoms with Crippen LogP contribution in [0.4, 0.5) is 0 Å². The van der Waals surface area contributed by atoms with E-state index in [0.29, 0.717) is 29.1 Å². The molecule has 0 N–H and O–H groups in total. The number of rotatable bonds is 12. The van der Waals surface area contributed by atoms with E-state index in [-0.39, 0.29) is 55.3 Å². The molecule has 1 fully saturated rings. The molecule has 4 aromatic heterocycles. The van der Waals surface area contributed by atoms with Crippen LogP contribution in [0.15, 0.2) is 288 Å². The standard InChI is InChI=1S/C42H29N3O2.C27H27BO4.C21H14ClN3.H13P11/c1-42(2)33-23-22-32-31-15-9-10-16-35(31)46-37(32)38(33)47-36-24-21-30(25-34(36)42)41-44-39(28-13-7-4-8-14-28)43-40(45-41)29-19-17-27(18-20-29)26-11-5-3-6-12-26;1-25(2)19-13-12-18-17-9-7-8-10-21(17)29-23(18)24(19)30-22-14-11-16(15-20(22)25)28-31-26(3,4)27(5,6)32-28;22-21-24-19(17-9-5-2-6-10-17)23-20(25-21)18-13-11-16(12-14-18)15-7-3-1-4-8-15;1-7-10(6)11(8(2)3)9(4)5/h3-25H,1-2H3;7-15H,1-6H3;1-14H;7H,1-6H2. The van der Waals surface area contributed by atoms with Gasteiger partial charge in [0, 0.05) is 82.4 Å². The van der Waals surface area contributed by atoms with Gasteiger partial charge in [0.25, 0.3) is 0 Å². The summed E-state index contributed by atoms with van der Waals surface area (Å²) in [6.45, 7) is 18.0. The first kappa shape index (κ1) is 81.6. The predicted octanol–water partition coefficient (Wildman–Crippen LogP) is 28.7. The topological polar surface area (TPSA) is 141 Å². The zero-order valence-corrected chi connectivity index (χ0v) is 76.7. The average Bonchev–Trinajstić information content (AvgIpc) is 1.49. The van der Waals surface area contributed by atoms with Gasteiger partial charge in [0.2, 0.25) is 5.28 Å². The average molecular weight is 1730 g/mol. The van der Waals surface area contributed by atoms with E-state index in [9.17, 15) is 0 Å². The lowest BCUT2D eigenvalue weighted by Gasteiger charge is -2.34. The van der Waals surface area contributed by atoms with E-state index >= 15 is 0 Å². The minimum Gasteiger partial charge on any atom is -0.453 e. The summed E-state index contributed by atoms with van der Waals surface area (Å²) in [7, 11) is 18.5. The molecule has 12 aromatic carbocycles. The first-order valence-electron chi connectivity index (χ1n) is 37.3. The van der Waals surface area contributed by atoms with Gasteiger partial charge in [0.1, 0.15) is 22.7 Å². The largest absolute Gasteiger partial charge is 0.494 e.